The van der Waals surface area contributed by atoms with Crippen LogP contribution in [-0.4, -0.2) is 34.7 Å². The fraction of sp³-hybridized carbons (Fsp3) is 0.435. The number of rotatable bonds is 3. The number of benzene rings is 1. The zero-order valence-electron chi connectivity index (χ0n) is 17.8. The lowest BCUT2D eigenvalue weighted by Crippen LogP contribution is -2.28. The van der Waals surface area contributed by atoms with Crippen LogP contribution in [0, 0.1) is 6.92 Å². The molecule has 1 aromatic carbocycles. The van der Waals surface area contributed by atoms with E-state index in [1.165, 1.54) is 23.1 Å². The molecule has 0 unspecified atom stereocenters. The fourth-order valence-electron chi connectivity index (χ4n) is 4.09. The molecule has 1 aromatic heterocycles. The first-order valence-electron chi connectivity index (χ1n) is 10.5. The number of alkyl halides is 3. The van der Waals surface area contributed by atoms with Crippen LogP contribution in [0.3, 0.4) is 0 Å². The average Bonchev–Trinajstić information content (AvgIpc) is 2.76. The Kier molecular flexibility index (Phi) is 7.50. The highest BCUT2D eigenvalue weighted by Gasteiger charge is 2.38. The first-order chi connectivity index (χ1) is 15.2. The van der Waals surface area contributed by atoms with Crippen molar-refractivity contribution in [2.24, 2.45) is 0 Å². The molecule has 1 aliphatic carbocycles. The van der Waals surface area contributed by atoms with Gasteiger partial charge in [0.1, 0.15) is 0 Å². The van der Waals surface area contributed by atoms with Crippen LogP contribution in [0.15, 0.2) is 24.3 Å². The van der Waals surface area contributed by atoms with Crippen molar-refractivity contribution >= 4 is 11.9 Å². The monoisotopic (exact) mass is 449 g/mol. The van der Waals surface area contributed by atoms with Crippen molar-refractivity contribution < 1.29 is 27.9 Å². The number of nitrogens with zero attached hydrogens (tertiary/aromatic N) is 1. The van der Waals surface area contributed by atoms with Gasteiger partial charge in [-0.2, -0.15) is 13.2 Å². The Morgan fingerprint density at radius 1 is 1.16 bits per heavy atom. The van der Waals surface area contributed by atoms with Crippen molar-refractivity contribution in [3.63, 3.8) is 0 Å². The largest absolute Gasteiger partial charge is 0.490 e. The number of carboxylic acids is 1. The lowest BCUT2D eigenvalue weighted by Gasteiger charge is -2.21. The Morgan fingerprint density at radius 2 is 1.88 bits per heavy atom. The van der Waals surface area contributed by atoms with Gasteiger partial charge < -0.3 is 15.7 Å². The van der Waals surface area contributed by atoms with Crippen LogP contribution in [0.2, 0.25) is 0 Å². The molecule has 6 nitrogen and oxygen atoms in total. The molecule has 0 fully saturated rings. The first kappa shape index (κ1) is 23.7. The summed E-state index contributed by atoms with van der Waals surface area (Å²) in [6.45, 7) is 4.51. The molecule has 0 bridgehead atoms. The van der Waals surface area contributed by atoms with Crippen LogP contribution in [-0.2, 0) is 37.1 Å². The van der Waals surface area contributed by atoms with Gasteiger partial charge in [-0.3, -0.25) is 9.78 Å². The molecule has 9 heteroatoms. The Morgan fingerprint density at radius 3 is 2.59 bits per heavy atom. The van der Waals surface area contributed by atoms with Crippen LogP contribution in [0.1, 0.15) is 56.8 Å². The van der Waals surface area contributed by atoms with E-state index in [0.717, 1.165) is 61.3 Å². The van der Waals surface area contributed by atoms with Crippen LogP contribution in [0.25, 0.3) is 0 Å². The van der Waals surface area contributed by atoms with E-state index in [1.807, 2.05) is 13.0 Å². The molecule has 32 heavy (non-hydrogen) atoms. The Labute approximate surface area is 184 Å². The van der Waals surface area contributed by atoms with Gasteiger partial charge in [0, 0.05) is 30.0 Å². The summed E-state index contributed by atoms with van der Waals surface area (Å²) in [6.07, 6.45) is 0.241. The van der Waals surface area contributed by atoms with E-state index in [9.17, 15) is 18.0 Å². The summed E-state index contributed by atoms with van der Waals surface area (Å²) in [4.78, 5) is 26.4. The van der Waals surface area contributed by atoms with Gasteiger partial charge in [0.15, 0.2) is 0 Å². The first-order valence-corrected chi connectivity index (χ1v) is 10.5. The molecule has 0 saturated carbocycles. The minimum Gasteiger partial charge on any atom is -0.475 e. The lowest BCUT2D eigenvalue weighted by molar-refractivity contribution is -0.192. The van der Waals surface area contributed by atoms with Crippen molar-refractivity contribution in [2.45, 2.75) is 58.3 Å². The van der Waals surface area contributed by atoms with Crippen LogP contribution < -0.4 is 10.6 Å². The standard InChI is InChI=1S/C21H25N3O.C2HF3O2/c1-14-11-19(18-7-2-3-8-20(18)24-14)21(25)23-13-16-6-4-5-15-12-22-10-9-17(15)16;3-2(4,5)1(6)7/h4-6,11,22H,2-3,7-10,12-13H2,1H3,(H,23,25);(H,6,7). The van der Waals surface area contributed by atoms with Gasteiger partial charge in [-0.15, -0.1) is 0 Å². The molecular formula is C23H26F3N3O3. The van der Waals surface area contributed by atoms with E-state index in [2.05, 4.69) is 33.8 Å². The van der Waals surface area contributed by atoms with Gasteiger partial charge in [-0.25, -0.2) is 4.79 Å². The van der Waals surface area contributed by atoms with E-state index < -0.39 is 12.1 Å². The number of amides is 1. The predicted molar refractivity (Wildman–Crippen MR) is 112 cm³/mol. The second kappa shape index (κ2) is 10.1. The highest BCUT2D eigenvalue weighted by Crippen LogP contribution is 2.24. The third-order valence-corrected chi connectivity index (χ3v) is 5.59. The van der Waals surface area contributed by atoms with Crippen LogP contribution >= 0.6 is 0 Å². The van der Waals surface area contributed by atoms with Gasteiger partial charge >= 0.3 is 12.1 Å². The summed E-state index contributed by atoms with van der Waals surface area (Å²) in [5, 5.41) is 13.7. The zero-order valence-corrected chi connectivity index (χ0v) is 17.8. The number of aromatic nitrogens is 1. The third-order valence-electron chi connectivity index (χ3n) is 5.59. The molecule has 0 atom stereocenters. The summed E-state index contributed by atoms with van der Waals surface area (Å²) in [5.74, 6) is -2.72. The van der Waals surface area contributed by atoms with Crippen LogP contribution in [0.5, 0.6) is 0 Å². The van der Waals surface area contributed by atoms with Crippen molar-refractivity contribution in [2.75, 3.05) is 6.54 Å². The van der Waals surface area contributed by atoms with Gasteiger partial charge in [0.25, 0.3) is 5.91 Å². The van der Waals surface area contributed by atoms with Gasteiger partial charge in [0.2, 0.25) is 0 Å². The molecule has 0 spiro atoms. The van der Waals surface area contributed by atoms with Gasteiger partial charge in [0.05, 0.1) is 0 Å². The number of nitrogens with one attached hydrogen (secondary N) is 2. The molecular weight excluding hydrogens is 423 g/mol. The van der Waals surface area contributed by atoms with E-state index in [4.69, 9.17) is 9.90 Å². The van der Waals surface area contributed by atoms with E-state index in [-0.39, 0.29) is 5.91 Å². The van der Waals surface area contributed by atoms with Crippen molar-refractivity contribution in [1.29, 1.82) is 0 Å². The number of halogens is 3. The van der Waals surface area contributed by atoms with E-state index in [0.29, 0.717) is 6.54 Å². The summed E-state index contributed by atoms with van der Waals surface area (Å²) in [5.41, 5.74) is 8.05. The molecule has 2 heterocycles. The number of fused-ring (bicyclic) bond motifs is 2. The highest BCUT2D eigenvalue weighted by atomic mass is 19.4. The minimum atomic E-state index is -5.08. The van der Waals surface area contributed by atoms with Gasteiger partial charge in [-0.1, -0.05) is 18.2 Å². The SMILES string of the molecule is Cc1cc(C(=O)NCc2cccc3c2CCNC3)c2c(n1)CCCC2.O=C(O)C(F)(F)F. The van der Waals surface area contributed by atoms with E-state index in [1.54, 1.807) is 0 Å². The third kappa shape index (κ3) is 5.85. The maximum absolute atomic E-state index is 12.9. The molecule has 2 aromatic rings. The van der Waals surface area contributed by atoms with Gasteiger partial charge in [-0.05, 0) is 73.9 Å². The Hall–Kier alpha value is -2.94. The molecule has 1 amide bonds. The number of aliphatic carboxylic acids is 1. The molecule has 0 radical (unpaired) electrons. The average molecular weight is 449 g/mol. The molecule has 4 rings (SSSR count). The number of hydrogen-bond acceptors (Lipinski definition) is 4. The number of pyridine rings is 1. The summed E-state index contributed by atoms with van der Waals surface area (Å²) in [7, 11) is 0. The number of aryl methyl sites for hydroxylation is 2. The molecule has 0 saturated heterocycles. The Bertz CT molecular complexity index is 1010. The molecule has 172 valence electrons. The fourth-order valence-corrected chi connectivity index (χ4v) is 4.09. The number of hydrogen-bond donors (Lipinski definition) is 3. The highest BCUT2D eigenvalue weighted by molar-refractivity contribution is 5.96. The predicted octanol–water partition coefficient (Wildman–Crippen LogP) is 3.48. The normalized spacial score (nSPS) is 15.0. The maximum atomic E-state index is 12.9. The van der Waals surface area contributed by atoms with Crippen molar-refractivity contribution in [3.05, 3.63) is 63.5 Å². The number of carbonyl (C=O) groups excluding carboxylic acids is 1. The second-order valence-electron chi connectivity index (χ2n) is 7.91. The quantitative estimate of drug-likeness (QED) is 0.668. The second-order valence-corrected chi connectivity index (χ2v) is 7.91. The minimum absolute atomic E-state index is 0.0372. The maximum Gasteiger partial charge on any atom is 0.490 e. The Balaban J connectivity index is 0.000000360. The molecule has 3 N–H and O–H groups in total. The number of carbonyl (C=O) groups is 2. The van der Waals surface area contributed by atoms with Crippen molar-refractivity contribution in [1.82, 2.24) is 15.6 Å². The molecule has 1 aliphatic heterocycles. The number of carboxylic acid groups (broad SMARTS) is 1. The zero-order chi connectivity index (χ0) is 23.3. The lowest BCUT2D eigenvalue weighted by atomic mass is 9.91. The topological polar surface area (TPSA) is 91.3 Å². The van der Waals surface area contributed by atoms with E-state index >= 15 is 0 Å². The summed E-state index contributed by atoms with van der Waals surface area (Å²) < 4.78 is 31.7. The molecule has 2 aliphatic rings. The van der Waals surface area contributed by atoms with Crippen molar-refractivity contribution in [3.8, 4) is 0 Å². The van der Waals surface area contributed by atoms with Crippen LogP contribution in [0.4, 0.5) is 13.2 Å². The summed E-state index contributed by atoms with van der Waals surface area (Å²) >= 11 is 0. The smallest absolute Gasteiger partial charge is 0.475 e. The summed E-state index contributed by atoms with van der Waals surface area (Å²) in [6, 6.07) is 8.35.